The third kappa shape index (κ3) is 3.45. The molecule has 2 amide bonds. The summed E-state index contributed by atoms with van der Waals surface area (Å²) in [6.45, 7) is 5.44. The molecule has 106 valence electrons. The van der Waals surface area contributed by atoms with Crippen LogP contribution in [0.2, 0.25) is 0 Å². The molecule has 5 nitrogen and oxygen atoms in total. The molecule has 1 aliphatic heterocycles. The first-order chi connectivity index (χ1) is 9.11. The zero-order chi connectivity index (χ0) is 13.8. The molecule has 0 saturated carbocycles. The summed E-state index contributed by atoms with van der Waals surface area (Å²) in [5, 5.41) is 15.2. The van der Waals surface area contributed by atoms with E-state index in [0.29, 0.717) is 12.5 Å². The van der Waals surface area contributed by atoms with E-state index in [4.69, 9.17) is 0 Å². The lowest BCUT2D eigenvalue weighted by Gasteiger charge is -2.23. The van der Waals surface area contributed by atoms with Gasteiger partial charge in [0, 0.05) is 17.8 Å². The molecule has 6 heteroatoms. The molecule has 2 rings (SSSR count). The molecule has 0 spiro atoms. The zero-order valence-corrected chi connectivity index (χ0v) is 12.2. The van der Waals surface area contributed by atoms with Crippen LogP contribution in [0.3, 0.4) is 0 Å². The number of aliphatic hydroxyl groups is 1. The molecule has 1 aromatic heterocycles. The van der Waals surface area contributed by atoms with Crippen molar-refractivity contribution in [2.24, 2.45) is 0 Å². The fourth-order valence-electron chi connectivity index (χ4n) is 2.23. The summed E-state index contributed by atoms with van der Waals surface area (Å²) in [5.74, 6) is 0.423. The molecule has 19 heavy (non-hydrogen) atoms. The zero-order valence-electron chi connectivity index (χ0n) is 11.4. The van der Waals surface area contributed by atoms with Gasteiger partial charge in [0.2, 0.25) is 0 Å². The average Bonchev–Trinajstić information content (AvgIpc) is 3.04. The van der Waals surface area contributed by atoms with E-state index in [9.17, 15) is 9.90 Å². The van der Waals surface area contributed by atoms with Crippen molar-refractivity contribution >= 4 is 17.4 Å². The van der Waals surface area contributed by atoms with Gasteiger partial charge in [0.1, 0.15) is 0 Å². The number of hydrogen-bond donors (Lipinski definition) is 2. The smallest absolute Gasteiger partial charge is 0.318 e. The second-order valence-corrected chi connectivity index (χ2v) is 6.05. The molecule has 0 aliphatic carbocycles. The fourth-order valence-corrected chi connectivity index (χ4v) is 3.06. The van der Waals surface area contributed by atoms with E-state index >= 15 is 0 Å². The molecular weight excluding hydrogens is 262 g/mol. The molecule has 1 atom stereocenters. The molecule has 1 unspecified atom stereocenters. The lowest BCUT2D eigenvalue weighted by molar-refractivity contribution is 0.157. The van der Waals surface area contributed by atoms with Crippen LogP contribution in [0.4, 0.5) is 4.79 Å². The quantitative estimate of drug-likeness (QED) is 0.887. The Morgan fingerprint density at radius 1 is 1.68 bits per heavy atom. The van der Waals surface area contributed by atoms with Gasteiger partial charge < -0.3 is 15.3 Å². The number of carbonyl (C=O) groups is 1. The van der Waals surface area contributed by atoms with Crippen LogP contribution in [0.25, 0.3) is 0 Å². The Morgan fingerprint density at radius 2 is 2.47 bits per heavy atom. The Hall–Kier alpha value is -1.14. The van der Waals surface area contributed by atoms with Crippen LogP contribution in [0.5, 0.6) is 0 Å². The third-order valence-corrected chi connectivity index (χ3v) is 4.53. The summed E-state index contributed by atoms with van der Waals surface area (Å²) in [4.78, 5) is 18.2. The number of aliphatic hydroxyl groups excluding tert-OH is 1. The van der Waals surface area contributed by atoms with Gasteiger partial charge in [-0.1, -0.05) is 13.8 Å². The van der Waals surface area contributed by atoms with E-state index in [1.165, 1.54) is 0 Å². The van der Waals surface area contributed by atoms with Gasteiger partial charge in [0.25, 0.3) is 0 Å². The number of likely N-dealkylation sites (tertiary alicyclic amines) is 1. The molecule has 1 fully saturated rings. The lowest BCUT2D eigenvalue weighted by Crippen LogP contribution is -2.43. The standard InChI is InChI=1S/C13H21N3O2S/c1-9(2)12-15-10(8-19-12)6-14-13(18)16-5-3-4-11(16)7-17/h8-9,11,17H,3-7H2,1-2H3,(H,14,18). The minimum Gasteiger partial charge on any atom is -0.394 e. The first kappa shape index (κ1) is 14.3. The second kappa shape index (κ2) is 6.34. The number of thiazole rings is 1. The number of aromatic nitrogens is 1. The Morgan fingerprint density at radius 3 is 3.11 bits per heavy atom. The van der Waals surface area contributed by atoms with Gasteiger partial charge >= 0.3 is 6.03 Å². The number of carbonyl (C=O) groups excluding carboxylic acids is 1. The van der Waals surface area contributed by atoms with E-state index in [0.717, 1.165) is 30.1 Å². The first-order valence-electron chi connectivity index (χ1n) is 6.71. The maximum Gasteiger partial charge on any atom is 0.318 e. The van der Waals surface area contributed by atoms with E-state index in [2.05, 4.69) is 24.1 Å². The van der Waals surface area contributed by atoms with Crippen molar-refractivity contribution in [2.45, 2.75) is 45.2 Å². The van der Waals surface area contributed by atoms with Crippen molar-refractivity contribution in [3.05, 3.63) is 16.1 Å². The molecule has 0 bridgehead atoms. The maximum atomic E-state index is 12.0. The second-order valence-electron chi connectivity index (χ2n) is 5.16. The van der Waals surface area contributed by atoms with Crippen molar-refractivity contribution in [1.82, 2.24) is 15.2 Å². The maximum absolute atomic E-state index is 12.0. The van der Waals surface area contributed by atoms with Crippen LogP contribution < -0.4 is 5.32 Å². The number of nitrogens with one attached hydrogen (secondary N) is 1. The van der Waals surface area contributed by atoms with Gasteiger partial charge in [-0.15, -0.1) is 11.3 Å². The number of rotatable bonds is 4. The van der Waals surface area contributed by atoms with E-state index < -0.39 is 0 Å². The number of amides is 2. The van der Waals surface area contributed by atoms with E-state index in [1.54, 1.807) is 16.2 Å². The van der Waals surface area contributed by atoms with Gasteiger partial charge in [-0.3, -0.25) is 0 Å². The molecule has 0 radical (unpaired) electrons. The van der Waals surface area contributed by atoms with Crippen LogP contribution in [0.15, 0.2) is 5.38 Å². The van der Waals surface area contributed by atoms with E-state index in [1.807, 2.05) is 5.38 Å². The van der Waals surface area contributed by atoms with Gasteiger partial charge in [-0.2, -0.15) is 0 Å². The van der Waals surface area contributed by atoms with Gasteiger partial charge in [0.15, 0.2) is 0 Å². The predicted molar refractivity (Wildman–Crippen MR) is 75.3 cm³/mol. The third-order valence-electron chi connectivity index (χ3n) is 3.33. The molecular formula is C13H21N3O2S. The molecule has 1 aromatic rings. The first-order valence-corrected chi connectivity index (χ1v) is 7.59. The fraction of sp³-hybridized carbons (Fsp3) is 0.692. The number of nitrogens with zero attached hydrogens (tertiary/aromatic N) is 2. The van der Waals surface area contributed by atoms with Crippen molar-refractivity contribution in [3.8, 4) is 0 Å². The summed E-state index contributed by atoms with van der Waals surface area (Å²) >= 11 is 1.63. The monoisotopic (exact) mass is 283 g/mol. The van der Waals surface area contributed by atoms with Crippen molar-refractivity contribution in [1.29, 1.82) is 0 Å². The highest BCUT2D eigenvalue weighted by Gasteiger charge is 2.27. The van der Waals surface area contributed by atoms with Crippen LogP contribution in [0, 0.1) is 0 Å². The molecule has 2 heterocycles. The van der Waals surface area contributed by atoms with Gasteiger partial charge in [-0.05, 0) is 12.8 Å². The highest BCUT2D eigenvalue weighted by Crippen LogP contribution is 2.19. The normalized spacial score (nSPS) is 19.2. The summed E-state index contributed by atoms with van der Waals surface area (Å²) in [5.41, 5.74) is 0.904. The van der Waals surface area contributed by atoms with Crippen molar-refractivity contribution < 1.29 is 9.90 Å². The molecule has 0 aromatic carbocycles. The molecule has 2 N–H and O–H groups in total. The van der Waals surface area contributed by atoms with Crippen LogP contribution in [0.1, 0.15) is 43.3 Å². The Balaban J connectivity index is 1.85. The number of hydrogen-bond acceptors (Lipinski definition) is 4. The van der Waals surface area contributed by atoms with Gasteiger partial charge in [-0.25, -0.2) is 9.78 Å². The average molecular weight is 283 g/mol. The Kier molecular flexibility index (Phi) is 4.76. The number of urea groups is 1. The molecule has 1 saturated heterocycles. The Labute approximate surface area is 117 Å². The summed E-state index contributed by atoms with van der Waals surface area (Å²) in [6.07, 6.45) is 1.85. The van der Waals surface area contributed by atoms with Crippen molar-refractivity contribution in [3.63, 3.8) is 0 Å². The lowest BCUT2D eigenvalue weighted by atomic mass is 10.2. The summed E-state index contributed by atoms with van der Waals surface area (Å²) in [6, 6.07) is -0.127. The summed E-state index contributed by atoms with van der Waals surface area (Å²) in [7, 11) is 0. The highest BCUT2D eigenvalue weighted by molar-refractivity contribution is 7.09. The predicted octanol–water partition coefficient (Wildman–Crippen LogP) is 1.93. The summed E-state index contributed by atoms with van der Waals surface area (Å²) < 4.78 is 0. The van der Waals surface area contributed by atoms with Crippen LogP contribution in [-0.4, -0.2) is 40.2 Å². The highest BCUT2D eigenvalue weighted by atomic mass is 32.1. The van der Waals surface area contributed by atoms with Crippen molar-refractivity contribution in [2.75, 3.05) is 13.2 Å². The van der Waals surface area contributed by atoms with Crippen LogP contribution >= 0.6 is 11.3 Å². The van der Waals surface area contributed by atoms with E-state index in [-0.39, 0.29) is 18.7 Å². The van der Waals surface area contributed by atoms with Gasteiger partial charge in [0.05, 0.1) is 29.9 Å². The minimum absolute atomic E-state index is 0.0262. The molecule has 1 aliphatic rings. The van der Waals surface area contributed by atoms with Crippen LogP contribution in [-0.2, 0) is 6.54 Å². The SMILES string of the molecule is CC(C)c1nc(CNC(=O)N2CCCC2CO)cs1. The topological polar surface area (TPSA) is 65.5 Å². The largest absolute Gasteiger partial charge is 0.394 e. The minimum atomic E-state index is -0.101. The Bertz CT molecular complexity index is 433.